The van der Waals surface area contributed by atoms with Crippen LogP contribution in [0.4, 0.5) is 0 Å². The molecule has 1 aromatic carbocycles. The third-order valence-corrected chi connectivity index (χ3v) is 4.09. The van der Waals surface area contributed by atoms with Crippen LogP contribution in [0.15, 0.2) is 18.2 Å². The summed E-state index contributed by atoms with van der Waals surface area (Å²) < 4.78 is 14.5. The standard InChI is InChI=1S/C15H15N2O6P.C2H6/c1-8(18)9-2-3-11-10(6-9)7-17(15(11)21)12(14(16)20)4-5-13(19)23-24-22;1-2/h2-3,6,12H,4-5,7H2,1H3,(H2,16,20);1-2H3. The summed E-state index contributed by atoms with van der Waals surface area (Å²) in [5.41, 5.74) is 6.84. The van der Waals surface area contributed by atoms with E-state index in [2.05, 4.69) is 4.52 Å². The molecule has 1 aliphatic heterocycles. The SMILES string of the molecule is CC.CC(=O)c1ccc2c(c1)CN(C(CCC(=O)OP=O)C(N)=O)C2=O. The molecule has 0 saturated heterocycles. The van der Waals surface area contributed by atoms with Crippen LogP contribution in [0.5, 0.6) is 0 Å². The molecule has 2 rings (SSSR count). The van der Waals surface area contributed by atoms with Gasteiger partial charge < -0.3 is 15.2 Å². The molecule has 0 bridgehead atoms. The third-order valence-electron chi connectivity index (χ3n) is 3.81. The fraction of sp³-hybridized carbons (Fsp3) is 0.412. The summed E-state index contributed by atoms with van der Waals surface area (Å²) in [6.45, 7) is 5.54. The highest BCUT2D eigenvalue weighted by atomic mass is 31.1. The Hall–Kier alpha value is -2.60. The van der Waals surface area contributed by atoms with Crippen molar-refractivity contribution in [2.24, 2.45) is 5.73 Å². The maximum Gasteiger partial charge on any atom is 0.398 e. The topological polar surface area (TPSA) is 124 Å². The number of hydrogen-bond donors (Lipinski definition) is 1. The van der Waals surface area contributed by atoms with Gasteiger partial charge in [0.15, 0.2) is 5.78 Å². The minimum absolute atomic E-state index is 0.0387. The van der Waals surface area contributed by atoms with E-state index >= 15 is 0 Å². The zero-order chi connectivity index (χ0) is 19.9. The molecule has 1 aliphatic rings. The summed E-state index contributed by atoms with van der Waals surface area (Å²) in [6.07, 6.45) is -0.245. The number of ketones is 1. The van der Waals surface area contributed by atoms with Crippen LogP contribution in [0.3, 0.4) is 0 Å². The predicted octanol–water partition coefficient (Wildman–Crippen LogP) is 2.26. The number of nitrogens with zero attached hydrogens (tertiary/aromatic N) is 1. The van der Waals surface area contributed by atoms with E-state index in [1.54, 1.807) is 12.1 Å². The summed E-state index contributed by atoms with van der Waals surface area (Å²) >= 11 is 0. The molecule has 8 nitrogen and oxygen atoms in total. The third kappa shape index (κ3) is 4.95. The molecule has 9 heteroatoms. The Morgan fingerprint density at radius 3 is 2.50 bits per heavy atom. The Morgan fingerprint density at radius 1 is 1.31 bits per heavy atom. The summed E-state index contributed by atoms with van der Waals surface area (Å²) in [6, 6.07) is 3.70. The second kappa shape index (κ2) is 9.77. The second-order valence-corrected chi connectivity index (χ2v) is 5.69. The van der Waals surface area contributed by atoms with Crippen molar-refractivity contribution >= 4 is 32.3 Å². The van der Waals surface area contributed by atoms with Crippen LogP contribution in [0.1, 0.15) is 59.9 Å². The fourth-order valence-electron chi connectivity index (χ4n) is 2.61. The van der Waals surface area contributed by atoms with Crippen molar-refractivity contribution < 1.29 is 28.3 Å². The van der Waals surface area contributed by atoms with Gasteiger partial charge in [0.05, 0.1) is 0 Å². The van der Waals surface area contributed by atoms with Crippen molar-refractivity contribution in [2.45, 2.75) is 46.2 Å². The molecule has 0 spiro atoms. The van der Waals surface area contributed by atoms with E-state index < -0.39 is 26.6 Å². The van der Waals surface area contributed by atoms with Gasteiger partial charge in [0.1, 0.15) is 6.04 Å². The molecule has 0 aromatic heterocycles. The number of fused-ring (bicyclic) bond motifs is 1. The molecule has 1 aromatic rings. The van der Waals surface area contributed by atoms with Crippen molar-refractivity contribution in [3.05, 3.63) is 34.9 Å². The van der Waals surface area contributed by atoms with Crippen LogP contribution in [-0.2, 0) is 25.2 Å². The van der Waals surface area contributed by atoms with E-state index in [-0.39, 0.29) is 31.1 Å². The number of benzene rings is 1. The lowest BCUT2D eigenvalue weighted by Crippen LogP contribution is -2.45. The number of carbonyl (C=O) groups is 4. The molecule has 2 amide bonds. The summed E-state index contributed by atoms with van der Waals surface area (Å²) in [5.74, 6) is -2.04. The maximum atomic E-state index is 12.5. The molecule has 26 heavy (non-hydrogen) atoms. The summed E-state index contributed by atoms with van der Waals surface area (Å²) in [7, 11) is -0.776. The molecule has 0 radical (unpaired) electrons. The predicted molar refractivity (Wildman–Crippen MR) is 93.6 cm³/mol. The Bertz CT molecular complexity index is 734. The fourth-order valence-corrected chi connectivity index (χ4v) is 2.78. The van der Waals surface area contributed by atoms with E-state index in [0.29, 0.717) is 16.7 Å². The molecule has 0 aliphatic carbocycles. The molecule has 140 valence electrons. The smallest absolute Gasteiger partial charge is 0.373 e. The van der Waals surface area contributed by atoms with Crippen molar-refractivity contribution in [3.8, 4) is 0 Å². The zero-order valence-electron chi connectivity index (χ0n) is 14.9. The minimum Gasteiger partial charge on any atom is -0.373 e. The molecule has 2 N–H and O–H groups in total. The van der Waals surface area contributed by atoms with Crippen LogP contribution in [-0.4, -0.2) is 34.5 Å². The molecular weight excluding hydrogens is 359 g/mol. The van der Waals surface area contributed by atoms with E-state index in [1.165, 1.54) is 17.9 Å². The number of carbonyl (C=O) groups excluding carboxylic acids is 4. The van der Waals surface area contributed by atoms with Gasteiger partial charge >= 0.3 is 14.7 Å². The van der Waals surface area contributed by atoms with Gasteiger partial charge in [-0.2, -0.15) is 0 Å². The van der Waals surface area contributed by atoms with Gasteiger partial charge in [0.2, 0.25) is 5.91 Å². The van der Waals surface area contributed by atoms with Crippen molar-refractivity contribution in [1.29, 1.82) is 0 Å². The van der Waals surface area contributed by atoms with E-state index in [1.807, 2.05) is 13.8 Å². The van der Waals surface area contributed by atoms with E-state index in [9.17, 15) is 23.7 Å². The number of rotatable bonds is 7. The van der Waals surface area contributed by atoms with Gasteiger partial charge in [-0.1, -0.05) is 19.9 Å². The summed E-state index contributed by atoms with van der Waals surface area (Å²) in [5, 5.41) is 0. The quantitative estimate of drug-likeness (QED) is 0.571. The zero-order valence-corrected chi connectivity index (χ0v) is 15.7. The number of Topliss-reactive ketones (excluding diaryl/α,β-unsaturated/α-hetero) is 1. The second-order valence-electron chi connectivity index (χ2n) is 5.36. The van der Waals surface area contributed by atoms with Crippen molar-refractivity contribution in [1.82, 2.24) is 4.90 Å². The monoisotopic (exact) mass is 380 g/mol. The molecule has 0 fully saturated rings. The minimum atomic E-state index is -0.999. The Morgan fingerprint density at radius 2 is 1.96 bits per heavy atom. The van der Waals surface area contributed by atoms with Gasteiger partial charge in [-0.05, 0) is 31.0 Å². The number of nitrogens with two attached hydrogens (primary N) is 1. The van der Waals surface area contributed by atoms with E-state index in [4.69, 9.17) is 5.73 Å². The molecular formula is C17H21N2O6P. The Kier molecular flexibility index (Phi) is 8.06. The van der Waals surface area contributed by atoms with Crippen molar-refractivity contribution in [3.63, 3.8) is 0 Å². The first-order valence-corrected chi connectivity index (χ1v) is 8.84. The summed E-state index contributed by atoms with van der Waals surface area (Å²) in [4.78, 5) is 48.1. The average Bonchev–Trinajstić information content (AvgIpc) is 2.93. The van der Waals surface area contributed by atoms with Crippen LogP contribution in [0.25, 0.3) is 0 Å². The highest BCUT2D eigenvalue weighted by Gasteiger charge is 2.35. The lowest BCUT2D eigenvalue weighted by molar-refractivity contribution is -0.134. The largest absolute Gasteiger partial charge is 0.398 e. The highest BCUT2D eigenvalue weighted by Crippen LogP contribution is 2.27. The number of primary amides is 1. The highest BCUT2D eigenvalue weighted by molar-refractivity contribution is 7.18. The van der Waals surface area contributed by atoms with Gasteiger partial charge in [0.25, 0.3) is 5.91 Å². The van der Waals surface area contributed by atoms with Crippen LogP contribution in [0.2, 0.25) is 0 Å². The average molecular weight is 380 g/mol. The van der Waals surface area contributed by atoms with Crippen LogP contribution in [0, 0.1) is 0 Å². The lowest BCUT2D eigenvalue weighted by Gasteiger charge is -2.24. The van der Waals surface area contributed by atoms with Crippen LogP contribution >= 0.6 is 8.69 Å². The van der Waals surface area contributed by atoms with Crippen LogP contribution < -0.4 is 5.73 Å². The molecule has 1 atom stereocenters. The number of amides is 2. The first-order valence-electron chi connectivity index (χ1n) is 8.11. The lowest BCUT2D eigenvalue weighted by atomic mass is 10.0. The first-order chi connectivity index (χ1) is 12.3. The molecule has 1 heterocycles. The Balaban J connectivity index is 0.00000163. The van der Waals surface area contributed by atoms with Gasteiger partial charge in [0, 0.05) is 24.1 Å². The number of hydrogen-bond acceptors (Lipinski definition) is 6. The van der Waals surface area contributed by atoms with Gasteiger partial charge in [-0.15, -0.1) is 0 Å². The maximum absolute atomic E-state index is 12.5. The van der Waals surface area contributed by atoms with Gasteiger partial charge in [-0.3, -0.25) is 19.2 Å². The Labute approximate surface area is 153 Å². The molecule has 1 unspecified atom stereocenters. The molecule has 0 saturated carbocycles. The normalized spacial score (nSPS) is 13.5. The van der Waals surface area contributed by atoms with Gasteiger partial charge in [-0.25, -0.2) is 4.57 Å². The first kappa shape index (κ1) is 21.4. The van der Waals surface area contributed by atoms with E-state index in [0.717, 1.165) is 0 Å². The van der Waals surface area contributed by atoms with Crippen molar-refractivity contribution in [2.75, 3.05) is 0 Å².